The van der Waals surface area contributed by atoms with Crippen LogP contribution in [0.5, 0.6) is 5.75 Å². The zero-order chi connectivity index (χ0) is 18.6. The van der Waals surface area contributed by atoms with Gasteiger partial charge in [-0.15, -0.1) is 0 Å². The van der Waals surface area contributed by atoms with Crippen LogP contribution in [0.25, 0.3) is 0 Å². The first-order valence-electron chi connectivity index (χ1n) is 7.85. The second-order valence-corrected chi connectivity index (χ2v) is 6.61. The summed E-state index contributed by atoms with van der Waals surface area (Å²) in [6.07, 6.45) is 0. The smallest absolute Gasteiger partial charge is 0.254 e. The van der Waals surface area contributed by atoms with Gasteiger partial charge in [0.25, 0.3) is 5.91 Å². The number of amides is 1. The zero-order valence-electron chi connectivity index (χ0n) is 14.3. The Hall–Kier alpha value is -2.50. The van der Waals surface area contributed by atoms with E-state index in [4.69, 9.17) is 4.74 Å². The first-order valence-corrected chi connectivity index (χ1v) is 7.85. The lowest BCUT2D eigenvalue weighted by Crippen LogP contribution is -2.29. The molecule has 0 bridgehead atoms. The molecule has 1 amide bonds. The number of ether oxygens (including phenoxy) is 1. The predicted molar refractivity (Wildman–Crippen MR) is 89.3 cm³/mol. The predicted octanol–water partition coefficient (Wildman–Crippen LogP) is 4.21. The molecular formula is C19H20F3NO2. The molecule has 0 spiro atoms. The van der Waals surface area contributed by atoms with E-state index in [1.54, 1.807) is 6.07 Å². The van der Waals surface area contributed by atoms with Gasteiger partial charge in [0, 0.05) is 0 Å². The molecule has 0 aliphatic carbocycles. The molecule has 2 aromatic rings. The van der Waals surface area contributed by atoms with E-state index in [9.17, 15) is 18.0 Å². The molecule has 2 rings (SSSR count). The van der Waals surface area contributed by atoms with Crippen LogP contribution in [0.3, 0.4) is 0 Å². The number of halogens is 3. The molecule has 0 aromatic heterocycles. The average molecular weight is 351 g/mol. The van der Waals surface area contributed by atoms with Gasteiger partial charge in [-0.3, -0.25) is 4.79 Å². The molecule has 134 valence electrons. The number of carbonyl (C=O) groups is 1. The van der Waals surface area contributed by atoms with E-state index in [1.165, 1.54) is 0 Å². The standard InChI is InChI=1S/C19H20F3NO2/c1-19(2,3)12-5-4-6-13(11-12)25-10-9-23-18(24)14-7-8-15(20)17(22)16(14)21/h4-8,11H,9-10H2,1-3H3,(H,23,24). The van der Waals surface area contributed by atoms with Gasteiger partial charge in [-0.2, -0.15) is 0 Å². The van der Waals surface area contributed by atoms with Crippen molar-refractivity contribution in [3.05, 3.63) is 65.0 Å². The molecule has 0 radical (unpaired) electrons. The van der Waals surface area contributed by atoms with E-state index in [2.05, 4.69) is 26.1 Å². The highest BCUT2D eigenvalue weighted by Gasteiger charge is 2.18. The van der Waals surface area contributed by atoms with Gasteiger partial charge in [-0.1, -0.05) is 32.9 Å². The number of nitrogens with one attached hydrogen (secondary N) is 1. The Morgan fingerprint density at radius 3 is 2.48 bits per heavy atom. The largest absolute Gasteiger partial charge is 0.492 e. The van der Waals surface area contributed by atoms with Crippen molar-refractivity contribution in [2.24, 2.45) is 0 Å². The molecule has 25 heavy (non-hydrogen) atoms. The number of hydrogen-bond acceptors (Lipinski definition) is 2. The third-order valence-corrected chi connectivity index (χ3v) is 3.64. The van der Waals surface area contributed by atoms with Gasteiger partial charge < -0.3 is 10.1 Å². The summed E-state index contributed by atoms with van der Waals surface area (Å²) >= 11 is 0. The van der Waals surface area contributed by atoms with Crippen molar-refractivity contribution in [3.63, 3.8) is 0 Å². The average Bonchev–Trinajstić information content (AvgIpc) is 2.56. The number of rotatable bonds is 5. The van der Waals surface area contributed by atoms with Gasteiger partial charge in [-0.25, -0.2) is 13.2 Å². The van der Waals surface area contributed by atoms with Crippen molar-refractivity contribution < 1.29 is 22.7 Å². The minimum absolute atomic E-state index is 0.0161. The van der Waals surface area contributed by atoms with Gasteiger partial charge in [0.05, 0.1) is 12.1 Å². The number of hydrogen-bond donors (Lipinski definition) is 1. The van der Waals surface area contributed by atoms with Crippen LogP contribution in [0.4, 0.5) is 13.2 Å². The van der Waals surface area contributed by atoms with E-state index in [0.29, 0.717) is 11.8 Å². The van der Waals surface area contributed by atoms with E-state index in [-0.39, 0.29) is 18.6 Å². The molecule has 0 aliphatic heterocycles. The lowest BCUT2D eigenvalue weighted by molar-refractivity contribution is 0.0941. The summed E-state index contributed by atoms with van der Waals surface area (Å²) < 4.78 is 45.1. The summed E-state index contributed by atoms with van der Waals surface area (Å²) in [5.74, 6) is -4.68. The maximum atomic E-state index is 13.5. The normalized spacial score (nSPS) is 11.3. The Morgan fingerprint density at radius 2 is 1.80 bits per heavy atom. The molecule has 6 heteroatoms. The minimum atomic E-state index is -1.66. The van der Waals surface area contributed by atoms with Crippen molar-refractivity contribution >= 4 is 5.91 Å². The molecule has 0 saturated carbocycles. The third kappa shape index (κ3) is 4.75. The highest BCUT2D eigenvalue weighted by molar-refractivity contribution is 5.94. The summed E-state index contributed by atoms with van der Waals surface area (Å²) in [5, 5.41) is 2.41. The van der Waals surface area contributed by atoms with Gasteiger partial charge in [-0.05, 0) is 35.2 Å². The summed E-state index contributed by atoms with van der Waals surface area (Å²) in [6, 6.07) is 9.20. The Labute approximate surface area is 144 Å². The van der Waals surface area contributed by atoms with Crippen LogP contribution in [0.2, 0.25) is 0 Å². The molecule has 0 fully saturated rings. The number of benzene rings is 2. The maximum absolute atomic E-state index is 13.5. The Bertz CT molecular complexity index is 770. The van der Waals surface area contributed by atoms with Crippen molar-refractivity contribution in [2.75, 3.05) is 13.2 Å². The fraction of sp³-hybridized carbons (Fsp3) is 0.316. The third-order valence-electron chi connectivity index (χ3n) is 3.64. The zero-order valence-corrected chi connectivity index (χ0v) is 14.3. The molecule has 0 saturated heterocycles. The quantitative estimate of drug-likeness (QED) is 0.647. The van der Waals surface area contributed by atoms with E-state index in [0.717, 1.165) is 11.6 Å². The molecule has 0 unspecified atom stereocenters. The van der Waals surface area contributed by atoms with Crippen molar-refractivity contribution in [2.45, 2.75) is 26.2 Å². The van der Waals surface area contributed by atoms with E-state index < -0.39 is 28.9 Å². The van der Waals surface area contributed by atoms with Gasteiger partial charge in [0.15, 0.2) is 17.5 Å². The summed E-state index contributed by atoms with van der Waals surface area (Å²) in [4.78, 5) is 11.8. The van der Waals surface area contributed by atoms with Gasteiger partial charge >= 0.3 is 0 Å². The molecule has 2 aromatic carbocycles. The second kappa shape index (κ2) is 7.59. The summed E-state index contributed by atoms with van der Waals surface area (Å²) in [7, 11) is 0. The summed E-state index contributed by atoms with van der Waals surface area (Å²) in [5.41, 5.74) is 0.545. The maximum Gasteiger partial charge on any atom is 0.254 e. The molecule has 0 heterocycles. The molecule has 0 atom stereocenters. The lowest BCUT2D eigenvalue weighted by atomic mass is 9.87. The van der Waals surface area contributed by atoms with Gasteiger partial charge in [0.2, 0.25) is 0 Å². The molecular weight excluding hydrogens is 331 g/mol. The first kappa shape index (κ1) is 18.8. The topological polar surface area (TPSA) is 38.3 Å². The molecule has 3 nitrogen and oxygen atoms in total. The Morgan fingerprint density at radius 1 is 1.08 bits per heavy atom. The highest BCUT2D eigenvalue weighted by atomic mass is 19.2. The fourth-order valence-electron chi connectivity index (χ4n) is 2.18. The van der Waals surface area contributed by atoms with Crippen LogP contribution < -0.4 is 10.1 Å². The monoisotopic (exact) mass is 351 g/mol. The van der Waals surface area contributed by atoms with E-state index in [1.807, 2.05) is 18.2 Å². The van der Waals surface area contributed by atoms with Crippen LogP contribution in [-0.2, 0) is 5.41 Å². The Balaban J connectivity index is 1.90. The Kier molecular flexibility index (Phi) is 5.72. The van der Waals surface area contributed by atoms with Crippen LogP contribution >= 0.6 is 0 Å². The lowest BCUT2D eigenvalue weighted by Gasteiger charge is -2.19. The SMILES string of the molecule is CC(C)(C)c1cccc(OCCNC(=O)c2ccc(F)c(F)c2F)c1. The van der Waals surface area contributed by atoms with Crippen LogP contribution in [0.15, 0.2) is 36.4 Å². The van der Waals surface area contributed by atoms with Crippen LogP contribution in [0.1, 0.15) is 36.7 Å². The number of carbonyl (C=O) groups excluding carboxylic acids is 1. The first-order chi connectivity index (χ1) is 11.7. The highest BCUT2D eigenvalue weighted by Crippen LogP contribution is 2.25. The van der Waals surface area contributed by atoms with E-state index >= 15 is 0 Å². The molecule has 0 aliphatic rings. The fourth-order valence-corrected chi connectivity index (χ4v) is 2.18. The second-order valence-electron chi connectivity index (χ2n) is 6.61. The van der Waals surface area contributed by atoms with Gasteiger partial charge in [0.1, 0.15) is 12.4 Å². The van der Waals surface area contributed by atoms with Crippen molar-refractivity contribution in [1.29, 1.82) is 0 Å². The molecule has 1 N–H and O–H groups in total. The minimum Gasteiger partial charge on any atom is -0.492 e. The van der Waals surface area contributed by atoms with Crippen molar-refractivity contribution in [3.8, 4) is 5.75 Å². The summed E-state index contributed by atoms with van der Waals surface area (Å²) in [6.45, 7) is 6.51. The van der Waals surface area contributed by atoms with Crippen molar-refractivity contribution in [1.82, 2.24) is 5.32 Å². The van der Waals surface area contributed by atoms with Crippen LogP contribution in [-0.4, -0.2) is 19.1 Å². The van der Waals surface area contributed by atoms with Crippen LogP contribution in [0, 0.1) is 17.5 Å².